The number of hydrogen-bond acceptors (Lipinski definition) is 5. The molecule has 1 aromatic rings. The van der Waals surface area contributed by atoms with Gasteiger partial charge in [0.25, 0.3) is 0 Å². The Morgan fingerprint density at radius 3 is 2.95 bits per heavy atom. The van der Waals surface area contributed by atoms with Gasteiger partial charge in [-0.1, -0.05) is 6.07 Å². The molecule has 0 radical (unpaired) electrons. The molecule has 1 N–H and O–H groups in total. The highest BCUT2D eigenvalue weighted by Crippen LogP contribution is 2.34. The third-order valence-corrected chi connectivity index (χ3v) is 3.51. The number of nitrogens with one attached hydrogen (secondary N) is 1. The summed E-state index contributed by atoms with van der Waals surface area (Å²) in [5, 5.41) is 3.27. The number of carbonyl (C=O) groups is 1. The van der Waals surface area contributed by atoms with Crippen molar-refractivity contribution in [2.24, 2.45) is 5.92 Å². The average molecular weight is 263 g/mol. The minimum Gasteiger partial charge on any atom is -0.468 e. The molecule has 3 rings (SSSR count). The van der Waals surface area contributed by atoms with Crippen molar-refractivity contribution in [3.05, 3.63) is 23.8 Å². The van der Waals surface area contributed by atoms with Crippen LogP contribution in [0.5, 0.6) is 11.5 Å². The van der Waals surface area contributed by atoms with Crippen LogP contribution in [0.25, 0.3) is 0 Å². The van der Waals surface area contributed by atoms with Gasteiger partial charge in [0.15, 0.2) is 11.5 Å². The lowest BCUT2D eigenvalue weighted by Gasteiger charge is -2.15. The van der Waals surface area contributed by atoms with E-state index in [1.165, 1.54) is 7.11 Å². The predicted molar refractivity (Wildman–Crippen MR) is 67.9 cm³/mol. The summed E-state index contributed by atoms with van der Waals surface area (Å²) in [5.74, 6) is 1.78. The molecule has 19 heavy (non-hydrogen) atoms. The average Bonchev–Trinajstić information content (AvgIpc) is 3.16. The number of carbonyl (C=O) groups excluding carboxylic acids is 1. The van der Waals surface area contributed by atoms with Crippen molar-refractivity contribution in [1.29, 1.82) is 0 Å². The van der Waals surface area contributed by atoms with E-state index >= 15 is 0 Å². The summed E-state index contributed by atoms with van der Waals surface area (Å²) in [5.41, 5.74) is 1.07. The number of ether oxygens (including phenoxy) is 3. The molecule has 102 valence electrons. The zero-order valence-corrected chi connectivity index (χ0v) is 10.8. The maximum absolute atomic E-state index is 11.7. The number of hydrogen-bond donors (Lipinski definition) is 1. The second-order valence-electron chi connectivity index (χ2n) is 4.91. The standard InChI is InChI=1S/C14H17NO4/c1-17-14(16)13(10-3-4-10)15-7-9-2-5-11-12(6-9)19-8-18-11/h2,5-6,10,13,15H,3-4,7-8H2,1H3. The van der Waals surface area contributed by atoms with Gasteiger partial charge in [-0.15, -0.1) is 0 Å². The van der Waals surface area contributed by atoms with Gasteiger partial charge in [-0.2, -0.15) is 0 Å². The molecule has 0 bridgehead atoms. The maximum atomic E-state index is 11.7. The molecule has 0 aromatic heterocycles. The highest BCUT2D eigenvalue weighted by atomic mass is 16.7. The molecular formula is C14H17NO4. The fourth-order valence-electron chi connectivity index (χ4n) is 2.28. The first-order valence-corrected chi connectivity index (χ1v) is 6.47. The Balaban J connectivity index is 1.63. The molecular weight excluding hydrogens is 246 g/mol. The van der Waals surface area contributed by atoms with Crippen LogP contribution in [0.3, 0.4) is 0 Å². The minimum atomic E-state index is -0.199. The Kier molecular flexibility index (Phi) is 3.29. The summed E-state index contributed by atoms with van der Waals surface area (Å²) >= 11 is 0. The Morgan fingerprint density at radius 2 is 2.21 bits per heavy atom. The molecule has 0 saturated heterocycles. The Labute approximate surface area is 111 Å². The predicted octanol–water partition coefficient (Wildman–Crippen LogP) is 1.46. The number of fused-ring (bicyclic) bond motifs is 1. The second kappa shape index (κ2) is 5.09. The molecule has 0 amide bonds. The normalized spacial score (nSPS) is 18.2. The lowest BCUT2D eigenvalue weighted by molar-refractivity contribution is -0.143. The van der Waals surface area contributed by atoms with Crippen molar-refractivity contribution in [1.82, 2.24) is 5.32 Å². The Hall–Kier alpha value is -1.75. The Morgan fingerprint density at radius 1 is 1.42 bits per heavy atom. The van der Waals surface area contributed by atoms with E-state index < -0.39 is 0 Å². The van der Waals surface area contributed by atoms with E-state index in [0.717, 1.165) is 29.9 Å². The van der Waals surface area contributed by atoms with E-state index in [9.17, 15) is 4.79 Å². The largest absolute Gasteiger partial charge is 0.468 e. The van der Waals surface area contributed by atoms with Crippen molar-refractivity contribution >= 4 is 5.97 Å². The smallest absolute Gasteiger partial charge is 0.323 e. The van der Waals surface area contributed by atoms with Crippen LogP contribution in [-0.2, 0) is 16.1 Å². The van der Waals surface area contributed by atoms with E-state index in [1.807, 2.05) is 18.2 Å². The lowest BCUT2D eigenvalue weighted by atomic mass is 10.1. The van der Waals surface area contributed by atoms with Crippen LogP contribution < -0.4 is 14.8 Å². The molecule has 1 saturated carbocycles. The summed E-state index contributed by atoms with van der Waals surface area (Å²) in [6.07, 6.45) is 2.18. The quantitative estimate of drug-likeness (QED) is 0.815. The molecule has 1 unspecified atom stereocenters. The van der Waals surface area contributed by atoms with Crippen molar-refractivity contribution in [2.45, 2.75) is 25.4 Å². The van der Waals surface area contributed by atoms with Gasteiger partial charge < -0.3 is 19.5 Å². The molecule has 0 spiro atoms. The van der Waals surface area contributed by atoms with E-state index in [-0.39, 0.29) is 18.8 Å². The highest BCUT2D eigenvalue weighted by molar-refractivity contribution is 5.76. The highest BCUT2D eigenvalue weighted by Gasteiger charge is 2.36. The molecule has 1 aliphatic heterocycles. The van der Waals surface area contributed by atoms with Crippen molar-refractivity contribution in [2.75, 3.05) is 13.9 Å². The van der Waals surface area contributed by atoms with E-state index in [0.29, 0.717) is 12.5 Å². The maximum Gasteiger partial charge on any atom is 0.323 e. The molecule has 1 aliphatic carbocycles. The summed E-state index contributed by atoms with van der Waals surface area (Å²) in [6, 6.07) is 5.61. The first kappa shape index (κ1) is 12.3. The third-order valence-electron chi connectivity index (χ3n) is 3.51. The third kappa shape index (κ3) is 2.66. The van der Waals surface area contributed by atoms with Crippen molar-refractivity contribution in [3.63, 3.8) is 0 Å². The van der Waals surface area contributed by atoms with Gasteiger partial charge in [-0.05, 0) is 36.5 Å². The molecule has 5 nitrogen and oxygen atoms in total. The summed E-state index contributed by atoms with van der Waals surface area (Å²) in [4.78, 5) is 11.7. The zero-order chi connectivity index (χ0) is 13.2. The minimum absolute atomic E-state index is 0.178. The van der Waals surface area contributed by atoms with Crippen LogP contribution in [0, 0.1) is 5.92 Å². The van der Waals surface area contributed by atoms with Gasteiger partial charge in [0, 0.05) is 6.54 Å². The van der Waals surface area contributed by atoms with Gasteiger partial charge in [-0.3, -0.25) is 4.79 Å². The van der Waals surface area contributed by atoms with Crippen LogP contribution >= 0.6 is 0 Å². The SMILES string of the molecule is COC(=O)C(NCc1ccc2c(c1)OCO2)C1CC1. The van der Waals surface area contributed by atoms with Gasteiger partial charge in [-0.25, -0.2) is 0 Å². The fraction of sp³-hybridized carbons (Fsp3) is 0.500. The molecule has 5 heteroatoms. The summed E-state index contributed by atoms with van der Waals surface area (Å²) in [6.45, 7) is 0.895. The zero-order valence-electron chi connectivity index (χ0n) is 10.8. The van der Waals surface area contributed by atoms with Crippen LogP contribution in [0.15, 0.2) is 18.2 Å². The first-order valence-electron chi connectivity index (χ1n) is 6.47. The number of benzene rings is 1. The first-order chi connectivity index (χ1) is 9.28. The number of rotatable bonds is 5. The molecule has 1 aromatic carbocycles. The number of esters is 1. The Bertz CT molecular complexity index is 484. The van der Waals surface area contributed by atoms with Gasteiger partial charge in [0.1, 0.15) is 6.04 Å². The van der Waals surface area contributed by atoms with Crippen LogP contribution in [0.1, 0.15) is 18.4 Å². The van der Waals surface area contributed by atoms with Crippen molar-refractivity contribution in [3.8, 4) is 11.5 Å². The second-order valence-corrected chi connectivity index (χ2v) is 4.91. The topological polar surface area (TPSA) is 56.8 Å². The van der Waals surface area contributed by atoms with Crippen LogP contribution in [-0.4, -0.2) is 25.9 Å². The monoisotopic (exact) mass is 263 g/mol. The van der Waals surface area contributed by atoms with Crippen LogP contribution in [0.4, 0.5) is 0 Å². The molecule has 2 aliphatic rings. The van der Waals surface area contributed by atoms with E-state index in [1.54, 1.807) is 0 Å². The van der Waals surface area contributed by atoms with Gasteiger partial charge in [0.2, 0.25) is 6.79 Å². The van der Waals surface area contributed by atoms with Gasteiger partial charge >= 0.3 is 5.97 Å². The van der Waals surface area contributed by atoms with Gasteiger partial charge in [0.05, 0.1) is 7.11 Å². The van der Waals surface area contributed by atoms with Crippen molar-refractivity contribution < 1.29 is 19.0 Å². The van der Waals surface area contributed by atoms with E-state index in [4.69, 9.17) is 14.2 Å². The van der Waals surface area contributed by atoms with E-state index in [2.05, 4.69) is 5.32 Å². The molecule has 1 atom stereocenters. The fourth-order valence-corrected chi connectivity index (χ4v) is 2.28. The van der Waals surface area contributed by atoms with Crippen LogP contribution in [0.2, 0.25) is 0 Å². The number of methoxy groups -OCH3 is 1. The molecule has 1 heterocycles. The molecule has 1 fully saturated rings. The lowest BCUT2D eigenvalue weighted by Crippen LogP contribution is -2.39. The summed E-state index contributed by atoms with van der Waals surface area (Å²) in [7, 11) is 1.43. The summed E-state index contributed by atoms with van der Waals surface area (Å²) < 4.78 is 15.4.